The van der Waals surface area contributed by atoms with Gasteiger partial charge in [0.05, 0.1) is 12.5 Å². The van der Waals surface area contributed by atoms with Crippen molar-refractivity contribution >= 4 is 5.97 Å². The maximum atomic E-state index is 10.9. The largest absolute Gasteiger partial charge is 0.395 e. The fourth-order valence-corrected chi connectivity index (χ4v) is 0.151. The van der Waals surface area contributed by atoms with E-state index in [0.717, 1.165) is 0 Å². The first-order valence-corrected chi connectivity index (χ1v) is 2.15. The molecule has 0 rings (SSSR count). The number of hydrogen-bond acceptors (Lipinski definition) is 3. The number of aliphatic hydroxyl groups excluding tert-OH is 1. The molecule has 0 aliphatic heterocycles. The third-order valence-corrected chi connectivity index (χ3v) is 0.752. The summed E-state index contributed by atoms with van der Waals surface area (Å²) in [7, 11) is 0. The Balaban J connectivity index is 3.46. The molecular formula is C4H7FO3. The molecule has 48 valence electrons. The van der Waals surface area contributed by atoms with Crippen LogP contribution in [0.15, 0.2) is 0 Å². The second-order valence-corrected chi connectivity index (χ2v) is 1.48. The van der Waals surface area contributed by atoms with Crippen molar-refractivity contribution in [3.8, 4) is 0 Å². The van der Waals surface area contributed by atoms with Crippen LogP contribution >= 0.6 is 0 Å². The zero-order chi connectivity index (χ0) is 6.57. The Morgan fingerprint density at radius 1 is 2.00 bits per heavy atom. The smallest absolute Gasteiger partial charge is 0.353 e. The van der Waals surface area contributed by atoms with Gasteiger partial charge >= 0.3 is 5.97 Å². The summed E-state index contributed by atoms with van der Waals surface area (Å²) in [6, 6.07) is 0. The van der Waals surface area contributed by atoms with Crippen molar-refractivity contribution in [2.45, 2.75) is 6.92 Å². The van der Waals surface area contributed by atoms with E-state index in [1.54, 1.807) is 0 Å². The molecule has 1 N–H and O–H groups in total. The van der Waals surface area contributed by atoms with Crippen LogP contribution in [0.3, 0.4) is 0 Å². The van der Waals surface area contributed by atoms with E-state index in [1.165, 1.54) is 6.92 Å². The van der Waals surface area contributed by atoms with Crippen molar-refractivity contribution in [2.24, 2.45) is 5.92 Å². The predicted molar refractivity (Wildman–Crippen MR) is 23.4 cm³/mol. The van der Waals surface area contributed by atoms with Gasteiger partial charge in [-0.05, 0) is 6.92 Å². The number of rotatable bonds is 2. The van der Waals surface area contributed by atoms with Crippen molar-refractivity contribution in [3.05, 3.63) is 0 Å². The summed E-state index contributed by atoms with van der Waals surface area (Å²) in [6.45, 7) is 0.977. The number of aliphatic hydroxyl groups is 1. The van der Waals surface area contributed by atoms with Crippen LogP contribution in [0.4, 0.5) is 4.53 Å². The molecule has 8 heavy (non-hydrogen) atoms. The topological polar surface area (TPSA) is 46.5 Å². The molecule has 0 aromatic rings. The Bertz CT molecular complexity index is 83.4. The molecule has 0 saturated carbocycles. The monoisotopic (exact) mass is 122 g/mol. The second-order valence-electron chi connectivity index (χ2n) is 1.48. The molecule has 0 saturated heterocycles. The van der Waals surface area contributed by atoms with E-state index < -0.39 is 11.9 Å². The molecule has 0 aromatic carbocycles. The average Bonchev–Trinajstić information content (AvgIpc) is 1.84. The minimum absolute atomic E-state index is 0.386. The molecule has 0 aliphatic rings. The number of carbonyl (C=O) groups excluding carboxylic acids is 1. The lowest BCUT2D eigenvalue weighted by molar-refractivity contribution is -0.189. The number of hydrogen-bond donors (Lipinski definition) is 1. The minimum atomic E-state index is -1.03. The summed E-state index contributed by atoms with van der Waals surface area (Å²) >= 11 is 0. The highest BCUT2D eigenvalue weighted by atomic mass is 19.3. The third-order valence-electron chi connectivity index (χ3n) is 0.752. The van der Waals surface area contributed by atoms with Crippen LogP contribution < -0.4 is 0 Å². The van der Waals surface area contributed by atoms with E-state index in [1.807, 2.05) is 0 Å². The molecule has 0 bridgehead atoms. The molecule has 0 heterocycles. The van der Waals surface area contributed by atoms with Gasteiger partial charge < -0.3 is 5.11 Å². The Hall–Kier alpha value is -0.640. The van der Waals surface area contributed by atoms with Crippen LogP contribution in [0.2, 0.25) is 0 Å². The van der Waals surface area contributed by atoms with Gasteiger partial charge in [0.15, 0.2) is 0 Å². The van der Waals surface area contributed by atoms with Gasteiger partial charge in [0, 0.05) is 4.53 Å². The van der Waals surface area contributed by atoms with E-state index in [0.29, 0.717) is 0 Å². The summed E-state index contributed by atoms with van der Waals surface area (Å²) in [5, 5.41) is 8.17. The van der Waals surface area contributed by atoms with Crippen LogP contribution in [0.1, 0.15) is 6.92 Å². The molecule has 1 unspecified atom stereocenters. The van der Waals surface area contributed by atoms with Crippen LogP contribution in [-0.4, -0.2) is 17.7 Å². The van der Waals surface area contributed by atoms with E-state index >= 15 is 0 Å². The van der Waals surface area contributed by atoms with Crippen LogP contribution in [-0.2, 0) is 9.74 Å². The molecule has 0 spiro atoms. The van der Waals surface area contributed by atoms with Crippen molar-refractivity contribution in [3.63, 3.8) is 0 Å². The van der Waals surface area contributed by atoms with Gasteiger partial charge in [-0.2, -0.15) is 0 Å². The van der Waals surface area contributed by atoms with Gasteiger partial charge in [-0.3, -0.25) is 4.94 Å². The van der Waals surface area contributed by atoms with Gasteiger partial charge in [-0.1, -0.05) is 0 Å². The lowest BCUT2D eigenvalue weighted by atomic mass is 10.2. The first-order valence-electron chi connectivity index (χ1n) is 2.15. The minimum Gasteiger partial charge on any atom is -0.395 e. The van der Waals surface area contributed by atoms with Crippen molar-refractivity contribution in [2.75, 3.05) is 6.61 Å². The molecule has 0 aromatic heterocycles. The van der Waals surface area contributed by atoms with Gasteiger partial charge in [-0.25, -0.2) is 4.79 Å². The van der Waals surface area contributed by atoms with E-state index in [-0.39, 0.29) is 6.61 Å². The van der Waals surface area contributed by atoms with Crippen molar-refractivity contribution in [1.82, 2.24) is 0 Å². The molecule has 0 radical (unpaired) electrons. The van der Waals surface area contributed by atoms with Crippen molar-refractivity contribution in [1.29, 1.82) is 0 Å². The Morgan fingerprint density at radius 2 is 2.50 bits per heavy atom. The summed E-state index contributed by atoms with van der Waals surface area (Å²) in [5.74, 6) is -1.80. The van der Waals surface area contributed by atoms with Crippen LogP contribution in [0.25, 0.3) is 0 Å². The highest BCUT2D eigenvalue weighted by Crippen LogP contribution is 1.95. The Morgan fingerprint density at radius 3 is 2.62 bits per heavy atom. The van der Waals surface area contributed by atoms with Gasteiger partial charge in [-0.15, -0.1) is 0 Å². The third kappa shape index (κ3) is 1.88. The zero-order valence-corrected chi connectivity index (χ0v) is 4.43. The zero-order valence-electron chi connectivity index (χ0n) is 4.43. The normalized spacial score (nSPS) is 12.9. The van der Waals surface area contributed by atoms with Crippen LogP contribution in [0, 0.1) is 5.92 Å². The second kappa shape index (κ2) is 3.37. The predicted octanol–water partition coefficient (Wildman–Crippen LogP) is 0.0425. The molecular weight excluding hydrogens is 115 g/mol. The van der Waals surface area contributed by atoms with E-state index in [9.17, 15) is 9.32 Å². The van der Waals surface area contributed by atoms with Gasteiger partial charge in [0.25, 0.3) is 0 Å². The first-order chi connectivity index (χ1) is 3.72. The molecule has 0 fully saturated rings. The Kier molecular flexibility index (Phi) is 3.10. The molecule has 1 atom stereocenters. The number of carbonyl (C=O) groups is 1. The molecule has 3 nitrogen and oxygen atoms in total. The fraction of sp³-hybridized carbons (Fsp3) is 0.750. The maximum Gasteiger partial charge on any atom is 0.353 e. The van der Waals surface area contributed by atoms with Gasteiger partial charge in [0.2, 0.25) is 0 Å². The highest BCUT2D eigenvalue weighted by Gasteiger charge is 2.12. The summed E-state index contributed by atoms with van der Waals surface area (Å²) in [6.07, 6.45) is 0. The summed E-state index contributed by atoms with van der Waals surface area (Å²) in [4.78, 5) is 12.8. The summed E-state index contributed by atoms with van der Waals surface area (Å²) < 4.78 is 10.9. The number of halogens is 1. The van der Waals surface area contributed by atoms with Gasteiger partial charge in [0.1, 0.15) is 0 Å². The molecule has 0 aliphatic carbocycles. The quantitative estimate of drug-likeness (QED) is 0.562. The van der Waals surface area contributed by atoms with Crippen LogP contribution in [0.5, 0.6) is 0 Å². The SMILES string of the molecule is CC(CO)C(=O)OF. The molecule has 0 amide bonds. The fourth-order valence-electron chi connectivity index (χ4n) is 0.151. The Labute approximate surface area is 46.0 Å². The highest BCUT2D eigenvalue weighted by molar-refractivity contribution is 5.71. The standard InChI is InChI=1S/C4H7FO3/c1-3(2-6)4(7)8-5/h3,6H,2H2,1H3. The lowest BCUT2D eigenvalue weighted by Gasteiger charge is -1.97. The van der Waals surface area contributed by atoms with Crippen molar-refractivity contribution < 1.29 is 19.4 Å². The van der Waals surface area contributed by atoms with E-state index in [4.69, 9.17) is 5.11 Å². The lowest BCUT2D eigenvalue weighted by Crippen LogP contribution is -2.14. The summed E-state index contributed by atoms with van der Waals surface area (Å²) in [5.41, 5.74) is 0. The average molecular weight is 122 g/mol. The first kappa shape index (κ1) is 7.36. The molecule has 4 heteroatoms. The maximum absolute atomic E-state index is 10.9. The van der Waals surface area contributed by atoms with E-state index in [2.05, 4.69) is 4.94 Å².